The number of pyridine rings is 2. The van der Waals surface area contributed by atoms with Gasteiger partial charge < -0.3 is 9.55 Å². The topological polar surface area (TPSA) is 63.6 Å². The molecule has 7 heteroatoms. The average molecular weight is 361 g/mol. The molecule has 0 aliphatic carbocycles. The summed E-state index contributed by atoms with van der Waals surface area (Å²) in [4.78, 5) is 25.0. The summed E-state index contributed by atoms with van der Waals surface area (Å²) < 4.78 is 3.42. The van der Waals surface area contributed by atoms with Crippen LogP contribution in [0.25, 0.3) is 31.8 Å². The van der Waals surface area contributed by atoms with E-state index in [9.17, 15) is 4.79 Å². The Bertz CT molecular complexity index is 1010. The summed E-state index contributed by atoms with van der Waals surface area (Å²) in [6, 6.07) is 3.75. The molecule has 4 aromatic heterocycles. The van der Waals surface area contributed by atoms with Gasteiger partial charge in [0.1, 0.15) is 5.82 Å². The van der Waals surface area contributed by atoms with Gasteiger partial charge in [-0.3, -0.25) is 9.78 Å². The van der Waals surface area contributed by atoms with Gasteiger partial charge in [0.05, 0.1) is 36.7 Å². The summed E-state index contributed by atoms with van der Waals surface area (Å²) >= 11 is 5.05. The zero-order valence-corrected chi connectivity index (χ0v) is 13.3. The van der Waals surface area contributed by atoms with Crippen LogP contribution >= 0.6 is 27.3 Å². The SMILES string of the molecule is Cn1cc(Br)c2sc(-c3nc4ccncc4[nH]3)cc2c1=O. The van der Waals surface area contributed by atoms with Crippen molar-refractivity contribution >= 4 is 48.4 Å². The van der Waals surface area contributed by atoms with Crippen molar-refractivity contribution in [2.24, 2.45) is 7.05 Å². The molecular formula is C14H9BrN4OS. The molecule has 4 heterocycles. The minimum atomic E-state index is -0.00604. The molecule has 104 valence electrons. The van der Waals surface area contributed by atoms with Crippen molar-refractivity contribution < 1.29 is 0 Å². The molecule has 0 saturated heterocycles. The zero-order valence-electron chi connectivity index (χ0n) is 10.9. The average Bonchev–Trinajstić information content (AvgIpc) is 3.09. The largest absolute Gasteiger partial charge is 0.336 e. The number of rotatable bonds is 1. The third kappa shape index (κ3) is 1.92. The molecule has 0 amide bonds. The monoisotopic (exact) mass is 360 g/mol. The molecule has 0 saturated carbocycles. The van der Waals surface area contributed by atoms with E-state index in [1.165, 1.54) is 0 Å². The Labute approximate surface area is 131 Å². The minimum Gasteiger partial charge on any atom is -0.336 e. The molecule has 5 nitrogen and oxygen atoms in total. The molecule has 1 N–H and O–H groups in total. The quantitative estimate of drug-likeness (QED) is 0.566. The molecule has 4 aromatic rings. The van der Waals surface area contributed by atoms with Crippen LogP contribution in [-0.4, -0.2) is 19.5 Å². The van der Waals surface area contributed by atoms with Gasteiger partial charge in [0.2, 0.25) is 0 Å². The van der Waals surface area contributed by atoms with E-state index in [-0.39, 0.29) is 5.56 Å². The van der Waals surface area contributed by atoms with Crippen LogP contribution in [0, 0.1) is 0 Å². The molecule has 4 rings (SSSR count). The lowest BCUT2D eigenvalue weighted by Gasteiger charge is -1.98. The number of hydrogen-bond acceptors (Lipinski definition) is 4. The van der Waals surface area contributed by atoms with Crippen LogP contribution in [0.4, 0.5) is 0 Å². The Kier molecular flexibility index (Phi) is 2.73. The van der Waals surface area contributed by atoms with Gasteiger partial charge in [0, 0.05) is 19.4 Å². The second-order valence-electron chi connectivity index (χ2n) is 4.72. The molecule has 21 heavy (non-hydrogen) atoms. The molecule has 0 aromatic carbocycles. The standard InChI is InChI=1S/C14H9BrN4OS/c1-19-6-8(15)12-7(14(19)20)4-11(21-12)13-17-9-2-3-16-5-10(9)18-13/h2-6H,1H3,(H,17,18). The van der Waals surface area contributed by atoms with Crippen molar-refractivity contribution in [2.75, 3.05) is 0 Å². The number of nitrogens with zero attached hydrogens (tertiary/aromatic N) is 3. The Hall–Kier alpha value is -1.99. The summed E-state index contributed by atoms with van der Waals surface area (Å²) in [5.74, 6) is 0.758. The second kappa shape index (κ2) is 4.51. The van der Waals surface area contributed by atoms with Gasteiger partial charge in [-0.1, -0.05) is 0 Å². The van der Waals surface area contributed by atoms with Gasteiger partial charge in [-0.25, -0.2) is 4.98 Å². The molecule has 0 fully saturated rings. The number of aromatic amines is 1. The van der Waals surface area contributed by atoms with Crippen LogP contribution in [0.5, 0.6) is 0 Å². The zero-order chi connectivity index (χ0) is 14.6. The van der Waals surface area contributed by atoms with Crippen molar-refractivity contribution in [3.05, 3.63) is 45.5 Å². The Balaban J connectivity index is 2.00. The summed E-state index contributed by atoms with van der Waals surface area (Å²) in [6.07, 6.45) is 5.24. The molecule has 0 radical (unpaired) electrons. The molecule has 0 unspecified atom stereocenters. The van der Waals surface area contributed by atoms with E-state index < -0.39 is 0 Å². The van der Waals surface area contributed by atoms with Crippen LogP contribution in [-0.2, 0) is 7.05 Å². The van der Waals surface area contributed by atoms with Gasteiger partial charge in [-0.15, -0.1) is 11.3 Å². The normalized spacial score (nSPS) is 11.5. The first-order valence-electron chi connectivity index (χ1n) is 6.22. The fourth-order valence-electron chi connectivity index (χ4n) is 2.29. The Morgan fingerprint density at radius 3 is 3.10 bits per heavy atom. The van der Waals surface area contributed by atoms with E-state index in [0.29, 0.717) is 5.39 Å². The highest BCUT2D eigenvalue weighted by Gasteiger charge is 2.14. The molecule has 0 bridgehead atoms. The highest BCUT2D eigenvalue weighted by molar-refractivity contribution is 9.10. The lowest BCUT2D eigenvalue weighted by molar-refractivity contribution is 0.870. The van der Waals surface area contributed by atoms with E-state index >= 15 is 0 Å². The van der Waals surface area contributed by atoms with Gasteiger partial charge in [0.15, 0.2) is 0 Å². The number of halogens is 1. The van der Waals surface area contributed by atoms with E-state index in [1.807, 2.05) is 12.1 Å². The predicted octanol–water partition coefficient (Wildman–Crippen LogP) is 3.30. The number of aryl methyl sites for hydroxylation is 1. The first-order valence-corrected chi connectivity index (χ1v) is 7.83. The highest BCUT2D eigenvalue weighted by Crippen LogP contribution is 2.35. The number of H-pyrrole nitrogens is 1. The molecule has 0 aliphatic heterocycles. The summed E-state index contributed by atoms with van der Waals surface area (Å²) in [5, 5.41) is 0.699. The maximum absolute atomic E-state index is 12.2. The third-order valence-corrected chi connectivity index (χ3v) is 5.36. The minimum absolute atomic E-state index is 0.00604. The van der Waals surface area contributed by atoms with Crippen LogP contribution in [0.2, 0.25) is 0 Å². The maximum atomic E-state index is 12.2. The first kappa shape index (κ1) is 12.7. The number of hydrogen-bond donors (Lipinski definition) is 1. The molecular weight excluding hydrogens is 352 g/mol. The van der Waals surface area contributed by atoms with Gasteiger partial charge >= 0.3 is 0 Å². The molecule has 0 aliphatic rings. The number of imidazole rings is 1. The summed E-state index contributed by atoms with van der Waals surface area (Å²) in [5.41, 5.74) is 1.75. The van der Waals surface area contributed by atoms with E-state index in [2.05, 4.69) is 30.9 Å². The van der Waals surface area contributed by atoms with Crippen LogP contribution in [0.1, 0.15) is 0 Å². The maximum Gasteiger partial charge on any atom is 0.259 e. The van der Waals surface area contributed by atoms with Crippen molar-refractivity contribution in [3.8, 4) is 10.7 Å². The number of aromatic nitrogens is 4. The van der Waals surface area contributed by atoms with Crippen LogP contribution in [0.15, 0.2) is 40.0 Å². The van der Waals surface area contributed by atoms with Gasteiger partial charge in [0.25, 0.3) is 5.56 Å². The number of thiophene rings is 1. The van der Waals surface area contributed by atoms with Gasteiger partial charge in [-0.2, -0.15) is 0 Å². The highest BCUT2D eigenvalue weighted by atomic mass is 79.9. The Morgan fingerprint density at radius 2 is 2.29 bits per heavy atom. The number of fused-ring (bicyclic) bond motifs is 2. The van der Waals surface area contributed by atoms with Crippen molar-refractivity contribution in [3.63, 3.8) is 0 Å². The van der Waals surface area contributed by atoms with Crippen molar-refractivity contribution in [1.29, 1.82) is 0 Å². The lowest BCUT2D eigenvalue weighted by Crippen LogP contribution is -2.14. The van der Waals surface area contributed by atoms with E-state index in [4.69, 9.17) is 0 Å². The van der Waals surface area contributed by atoms with Crippen molar-refractivity contribution in [2.45, 2.75) is 0 Å². The van der Waals surface area contributed by atoms with Crippen LogP contribution < -0.4 is 5.56 Å². The van der Waals surface area contributed by atoms with Crippen molar-refractivity contribution in [1.82, 2.24) is 19.5 Å². The van der Waals surface area contributed by atoms with E-state index in [1.54, 1.807) is 41.5 Å². The van der Waals surface area contributed by atoms with E-state index in [0.717, 1.165) is 30.9 Å². The number of nitrogens with one attached hydrogen (secondary N) is 1. The molecule has 0 atom stereocenters. The predicted molar refractivity (Wildman–Crippen MR) is 87.6 cm³/mol. The smallest absolute Gasteiger partial charge is 0.259 e. The summed E-state index contributed by atoms with van der Waals surface area (Å²) in [6.45, 7) is 0. The molecule has 0 spiro atoms. The van der Waals surface area contributed by atoms with Crippen LogP contribution in [0.3, 0.4) is 0 Å². The fourth-order valence-corrected chi connectivity index (χ4v) is 4.05. The van der Waals surface area contributed by atoms with Gasteiger partial charge in [-0.05, 0) is 28.1 Å². The third-order valence-electron chi connectivity index (χ3n) is 3.32. The first-order chi connectivity index (χ1) is 10.1. The second-order valence-corrected chi connectivity index (χ2v) is 6.63. The summed E-state index contributed by atoms with van der Waals surface area (Å²) in [7, 11) is 1.75. The lowest BCUT2D eigenvalue weighted by atomic mass is 10.3. The fraction of sp³-hybridized carbons (Fsp3) is 0.0714. The Morgan fingerprint density at radius 1 is 1.43 bits per heavy atom.